The number of ether oxygens (including phenoxy) is 4. The number of unbranched alkanes of at least 4 members (excludes halogenated alkanes) is 36. The number of phosphoric ester groups is 2. The summed E-state index contributed by atoms with van der Waals surface area (Å²) in [5.41, 5.74) is 0. The Balaban J connectivity index is 5.43. The number of hydrogen-bond donors (Lipinski definition) is 3. The van der Waals surface area contributed by atoms with Crippen molar-refractivity contribution in [2.75, 3.05) is 39.6 Å². The van der Waals surface area contributed by atoms with Crippen molar-refractivity contribution >= 4 is 39.5 Å². The van der Waals surface area contributed by atoms with Crippen molar-refractivity contribution in [3.05, 3.63) is 97.2 Å². The zero-order chi connectivity index (χ0) is 76.0. The number of carbonyl (C=O) groups is 4. The highest BCUT2D eigenvalue weighted by atomic mass is 31.2. The molecule has 0 aromatic carbocycles. The third kappa shape index (κ3) is 76.2. The van der Waals surface area contributed by atoms with Gasteiger partial charge in [-0.2, -0.15) is 0 Å². The average molecular weight is 1510 g/mol. The minimum absolute atomic E-state index is 0.0203. The average Bonchev–Trinajstić information content (AvgIpc) is 0.936. The molecule has 0 saturated heterocycles. The van der Waals surface area contributed by atoms with Crippen LogP contribution in [0.1, 0.15) is 362 Å². The lowest BCUT2D eigenvalue weighted by Crippen LogP contribution is -2.30. The highest BCUT2D eigenvalue weighted by Crippen LogP contribution is 2.45. The molecule has 3 N–H and O–H groups in total. The van der Waals surface area contributed by atoms with Crippen LogP contribution in [-0.4, -0.2) is 96.7 Å². The van der Waals surface area contributed by atoms with Gasteiger partial charge in [0.1, 0.15) is 19.3 Å². The second-order valence-corrected chi connectivity index (χ2v) is 30.6. The van der Waals surface area contributed by atoms with E-state index in [1.54, 1.807) is 0 Å². The van der Waals surface area contributed by atoms with Crippen LogP contribution in [0.2, 0.25) is 0 Å². The van der Waals surface area contributed by atoms with E-state index >= 15 is 0 Å². The zero-order valence-electron chi connectivity index (χ0n) is 65.9. The second-order valence-electron chi connectivity index (χ2n) is 27.7. The maximum absolute atomic E-state index is 13.1. The molecule has 0 heterocycles. The van der Waals surface area contributed by atoms with Gasteiger partial charge in [0.05, 0.1) is 26.4 Å². The Morgan fingerprint density at radius 2 is 0.481 bits per heavy atom. The molecule has 104 heavy (non-hydrogen) atoms. The molecule has 0 aliphatic heterocycles. The van der Waals surface area contributed by atoms with Gasteiger partial charge < -0.3 is 33.8 Å². The fraction of sp³-hybridized carbons (Fsp3) is 0.765. The summed E-state index contributed by atoms with van der Waals surface area (Å²) in [6, 6.07) is 0. The lowest BCUT2D eigenvalue weighted by molar-refractivity contribution is -0.161. The van der Waals surface area contributed by atoms with Crippen LogP contribution in [0.5, 0.6) is 0 Å². The fourth-order valence-electron chi connectivity index (χ4n) is 11.2. The van der Waals surface area contributed by atoms with Crippen molar-refractivity contribution in [3.8, 4) is 0 Å². The first kappa shape index (κ1) is 100.0. The Hall–Kier alpha value is -4.02. The Morgan fingerprint density at radius 3 is 0.769 bits per heavy atom. The number of aliphatic hydroxyl groups excluding tert-OH is 1. The van der Waals surface area contributed by atoms with Crippen LogP contribution in [0, 0.1) is 0 Å². The molecular weight excluding hydrogens is 1350 g/mol. The van der Waals surface area contributed by atoms with E-state index in [4.69, 9.17) is 37.0 Å². The first-order valence-corrected chi connectivity index (χ1v) is 44.5. The summed E-state index contributed by atoms with van der Waals surface area (Å²) in [6.07, 6.45) is 82.5. The molecule has 602 valence electrons. The SMILES string of the molecule is CCCCC/C=C\C/C=C\C/C=C\C/C=C\CCCC(=O)OC[C@H](COP(=O)(O)OC[C@H](O)COP(=O)(O)OC[C@@H](COC(=O)CCCCCCCCCCCCCCC)OC(=O)CCC/C=C\C/C=C\C/C=C\C/C=C\CCCCC)OC(=O)CCCCCCCCCCCCCCCCCCC. The predicted octanol–water partition coefficient (Wildman–Crippen LogP) is 24.3. The molecule has 0 aliphatic carbocycles. The normalized spacial score (nSPS) is 14.3. The number of rotatable bonds is 78. The van der Waals surface area contributed by atoms with Crippen molar-refractivity contribution in [1.82, 2.24) is 0 Å². The van der Waals surface area contributed by atoms with Crippen LogP contribution in [0.4, 0.5) is 0 Å². The van der Waals surface area contributed by atoms with E-state index in [1.165, 1.54) is 173 Å². The van der Waals surface area contributed by atoms with E-state index in [-0.39, 0.29) is 25.7 Å². The van der Waals surface area contributed by atoms with Crippen molar-refractivity contribution < 1.29 is 80.2 Å². The minimum Gasteiger partial charge on any atom is -0.462 e. The Labute approximate surface area is 633 Å². The maximum Gasteiger partial charge on any atom is 0.472 e. The smallest absolute Gasteiger partial charge is 0.462 e. The Morgan fingerprint density at radius 1 is 0.269 bits per heavy atom. The molecule has 0 aliphatic rings. The zero-order valence-corrected chi connectivity index (χ0v) is 67.7. The molecule has 0 aromatic heterocycles. The molecule has 5 atom stereocenters. The van der Waals surface area contributed by atoms with Gasteiger partial charge in [0.25, 0.3) is 0 Å². The minimum atomic E-state index is -4.99. The van der Waals surface area contributed by atoms with Crippen LogP contribution >= 0.6 is 15.6 Å². The largest absolute Gasteiger partial charge is 0.472 e. The van der Waals surface area contributed by atoms with Gasteiger partial charge in [-0.05, 0) is 103 Å². The summed E-state index contributed by atoms with van der Waals surface area (Å²) in [4.78, 5) is 73.0. The topological polar surface area (TPSA) is 237 Å². The van der Waals surface area contributed by atoms with Crippen molar-refractivity contribution in [2.24, 2.45) is 0 Å². The first-order valence-electron chi connectivity index (χ1n) is 41.5. The molecule has 0 amide bonds. The lowest BCUT2D eigenvalue weighted by atomic mass is 10.0. The number of hydrogen-bond acceptors (Lipinski definition) is 15. The van der Waals surface area contributed by atoms with Crippen LogP contribution < -0.4 is 0 Å². The van der Waals surface area contributed by atoms with Crippen molar-refractivity contribution in [2.45, 2.75) is 380 Å². The molecule has 0 aromatic rings. The van der Waals surface area contributed by atoms with Gasteiger partial charge in [0, 0.05) is 25.7 Å². The molecule has 2 unspecified atom stereocenters. The molecule has 17 nitrogen and oxygen atoms in total. The third-order valence-corrected chi connectivity index (χ3v) is 19.5. The van der Waals surface area contributed by atoms with Gasteiger partial charge in [0.15, 0.2) is 12.2 Å². The van der Waals surface area contributed by atoms with E-state index < -0.39 is 97.5 Å². The molecule has 0 rings (SSSR count). The summed E-state index contributed by atoms with van der Waals surface area (Å²) in [5.74, 6) is -2.28. The quantitative estimate of drug-likeness (QED) is 0.0169. The van der Waals surface area contributed by atoms with Crippen molar-refractivity contribution in [1.29, 1.82) is 0 Å². The Bertz CT molecular complexity index is 2350. The lowest BCUT2D eigenvalue weighted by Gasteiger charge is -2.21. The van der Waals surface area contributed by atoms with Crippen molar-refractivity contribution in [3.63, 3.8) is 0 Å². The van der Waals surface area contributed by atoms with Gasteiger partial charge in [0.2, 0.25) is 0 Å². The number of phosphoric acid groups is 2. The van der Waals surface area contributed by atoms with E-state index in [9.17, 15) is 43.2 Å². The van der Waals surface area contributed by atoms with Crippen LogP contribution in [0.3, 0.4) is 0 Å². The van der Waals surface area contributed by atoms with Gasteiger partial charge in [-0.25, -0.2) is 9.13 Å². The Kier molecular flexibility index (Phi) is 74.2. The first-order chi connectivity index (χ1) is 50.7. The molecule has 0 saturated carbocycles. The van der Waals surface area contributed by atoms with Gasteiger partial charge >= 0.3 is 39.5 Å². The summed E-state index contributed by atoms with van der Waals surface area (Å²) in [7, 11) is -9.98. The number of allylic oxidation sites excluding steroid dienone is 16. The predicted molar refractivity (Wildman–Crippen MR) is 427 cm³/mol. The number of carbonyl (C=O) groups excluding carboxylic acids is 4. The number of aliphatic hydroxyl groups is 1. The second kappa shape index (κ2) is 77.1. The summed E-state index contributed by atoms with van der Waals surface area (Å²) in [5, 5.41) is 10.6. The highest BCUT2D eigenvalue weighted by molar-refractivity contribution is 7.47. The molecule has 0 radical (unpaired) electrons. The fourth-order valence-corrected chi connectivity index (χ4v) is 12.8. The standard InChI is InChI=1S/C85H150O17P2/c1-5-9-13-17-21-25-29-33-36-39-42-46-50-54-58-62-66-70-83(88)96-76-81(102-85(90)72-68-64-60-56-52-48-44-41-38-35-31-27-23-19-15-11-7-3)78-100-104(93,94)98-74-79(86)73-97-103(91,92)99-77-80(75-95-82(87)69-65-61-57-53-49-45-32-28-24-20-16-12-8-4)101-84(89)71-67-63-59-55-51-47-43-40-37-34-30-26-22-18-14-10-6-2/h21-22,25-26,33-34,36-37,42-43,46-47,54-55,58-59,79-81,86H,5-20,23-24,27-32,35,38-41,44-45,48-53,56-57,60-78H2,1-4H3,(H,91,92)(H,93,94)/b25-21-,26-22-,36-33-,37-34-,46-42-,47-43-,58-54-,59-55-/t79-,80-,81-/m1/s1. The van der Waals surface area contributed by atoms with E-state index in [1.807, 2.05) is 24.3 Å². The van der Waals surface area contributed by atoms with Crippen LogP contribution in [0.15, 0.2) is 97.2 Å². The van der Waals surface area contributed by atoms with E-state index in [0.29, 0.717) is 38.5 Å². The monoisotopic (exact) mass is 1510 g/mol. The molecule has 19 heteroatoms. The van der Waals surface area contributed by atoms with Crippen LogP contribution in [0.25, 0.3) is 0 Å². The van der Waals surface area contributed by atoms with Gasteiger partial charge in [-0.1, -0.05) is 330 Å². The number of esters is 4. The summed E-state index contributed by atoms with van der Waals surface area (Å²) < 4.78 is 68.6. The molecule has 0 bridgehead atoms. The summed E-state index contributed by atoms with van der Waals surface area (Å²) >= 11 is 0. The molecule has 0 spiro atoms. The maximum atomic E-state index is 13.1. The third-order valence-electron chi connectivity index (χ3n) is 17.6. The van der Waals surface area contributed by atoms with Gasteiger partial charge in [-0.3, -0.25) is 37.3 Å². The molecular formula is C85H150O17P2. The van der Waals surface area contributed by atoms with E-state index in [2.05, 4.69) is 101 Å². The highest BCUT2D eigenvalue weighted by Gasteiger charge is 2.30. The molecule has 0 fully saturated rings. The summed E-state index contributed by atoms with van der Waals surface area (Å²) in [6.45, 7) is 4.76. The van der Waals surface area contributed by atoms with Crippen LogP contribution in [-0.2, 0) is 65.4 Å². The van der Waals surface area contributed by atoms with Gasteiger partial charge in [-0.15, -0.1) is 0 Å². The van der Waals surface area contributed by atoms with E-state index in [0.717, 1.165) is 96.3 Å².